The number of benzene rings is 1. The van der Waals surface area contributed by atoms with Crippen LogP contribution in [0, 0.1) is 0 Å². The van der Waals surface area contributed by atoms with Crippen LogP contribution in [0.4, 0.5) is 0 Å². The smallest absolute Gasteiger partial charge is 0.130 e. The molecule has 0 radical (unpaired) electrons. The van der Waals surface area contributed by atoms with Crippen molar-refractivity contribution in [3.8, 4) is 5.75 Å². The van der Waals surface area contributed by atoms with Gasteiger partial charge in [0.1, 0.15) is 5.75 Å². The second-order valence-electron chi connectivity index (χ2n) is 4.38. The topological polar surface area (TPSA) is 35.0 Å². The quantitative estimate of drug-likeness (QED) is 0.720. The lowest BCUT2D eigenvalue weighted by molar-refractivity contribution is 0.419. The van der Waals surface area contributed by atoms with Gasteiger partial charge in [0, 0.05) is 23.8 Å². The molecule has 0 aliphatic heterocycles. The monoisotopic (exact) mass is 262 g/mol. The molecule has 3 nitrogen and oxygen atoms in total. The molecule has 2 aromatic heterocycles. The minimum absolute atomic E-state index is 0.838. The zero-order valence-electron chi connectivity index (χ0n) is 11.2. The number of para-hydroxylation sites is 1. The average molecular weight is 262 g/mol. The molecule has 0 saturated carbocycles. The summed E-state index contributed by atoms with van der Waals surface area (Å²) in [6.07, 6.45) is 7.53. The SMILES string of the molecule is COc1cc(/C=C/c2ccncc2)nc2ccccc12. The summed E-state index contributed by atoms with van der Waals surface area (Å²) < 4.78 is 5.44. The standard InChI is InChI=1S/C17H14N2O/c1-20-17-12-14(7-6-13-8-10-18-11-9-13)19-16-5-3-2-4-15(16)17/h2-12H,1H3/b7-6+. The molecule has 2 heterocycles. The van der Waals surface area contributed by atoms with E-state index in [2.05, 4.69) is 9.97 Å². The van der Waals surface area contributed by atoms with Crippen LogP contribution >= 0.6 is 0 Å². The molecule has 0 spiro atoms. The molecular weight excluding hydrogens is 248 g/mol. The van der Waals surface area contributed by atoms with E-state index in [1.807, 2.05) is 54.6 Å². The maximum Gasteiger partial charge on any atom is 0.130 e. The number of pyridine rings is 2. The Morgan fingerprint density at radius 1 is 1.00 bits per heavy atom. The molecule has 0 N–H and O–H groups in total. The van der Waals surface area contributed by atoms with Gasteiger partial charge in [-0.2, -0.15) is 0 Å². The largest absolute Gasteiger partial charge is 0.496 e. The van der Waals surface area contributed by atoms with Crippen molar-refractivity contribution < 1.29 is 4.74 Å². The van der Waals surface area contributed by atoms with Gasteiger partial charge in [0.15, 0.2) is 0 Å². The van der Waals surface area contributed by atoms with Crippen molar-refractivity contribution in [1.29, 1.82) is 0 Å². The normalized spacial score (nSPS) is 11.1. The minimum Gasteiger partial charge on any atom is -0.496 e. The van der Waals surface area contributed by atoms with Gasteiger partial charge < -0.3 is 4.74 Å². The second-order valence-corrected chi connectivity index (χ2v) is 4.38. The highest BCUT2D eigenvalue weighted by molar-refractivity contribution is 5.87. The molecule has 3 rings (SSSR count). The Balaban J connectivity index is 2.02. The van der Waals surface area contributed by atoms with Gasteiger partial charge in [-0.3, -0.25) is 4.98 Å². The third kappa shape index (κ3) is 2.52. The van der Waals surface area contributed by atoms with E-state index in [1.165, 1.54) is 0 Å². The first kappa shape index (κ1) is 12.4. The lowest BCUT2D eigenvalue weighted by Crippen LogP contribution is -1.90. The minimum atomic E-state index is 0.838. The fourth-order valence-corrected chi connectivity index (χ4v) is 2.07. The molecule has 0 amide bonds. The van der Waals surface area contributed by atoms with E-state index in [9.17, 15) is 0 Å². The fraction of sp³-hybridized carbons (Fsp3) is 0.0588. The first-order valence-corrected chi connectivity index (χ1v) is 6.39. The highest BCUT2D eigenvalue weighted by atomic mass is 16.5. The summed E-state index contributed by atoms with van der Waals surface area (Å²) in [4.78, 5) is 8.62. The third-order valence-corrected chi connectivity index (χ3v) is 3.07. The van der Waals surface area contributed by atoms with Gasteiger partial charge in [-0.1, -0.05) is 18.2 Å². The first-order valence-electron chi connectivity index (χ1n) is 6.39. The molecule has 3 heteroatoms. The van der Waals surface area contributed by atoms with E-state index in [0.717, 1.165) is 27.9 Å². The Hall–Kier alpha value is -2.68. The van der Waals surface area contributed by atoms with Gasteiger partial charge >= 0.3 is 0 Å². The Bertz CT molecular complexity index is 751. The van der Waals surface area contributed by atoms with Crippen LogP contribution < -0.4 is 4.74 Å². The van der Waals surface area contributed by atoms with Gasteiger partial charge in [-0.15, -0.1) is 0 Å². The molecule has 0 aliphatic rings. The van der Waals surface area contributed by atoms with Crippen molar-refractivity contribution in [3.05, 3.63) is 66.1 Å². The maximum absolute atomic E-state index is 5.44. The van der Waals surface area contributed by atoms with Crippen molar-refractivity contribution >= 4 is 23.1 Å². The maximum atomic E-state index is 5.44. The summed E-state index contributed by atoms with van der Waals surface area (Å²) in [7, 11) is 1.68. The lowest BCUT2D eigenvalue weighted by Gasteiger charge is -2.06. The lowest BCUT2D eigenvalue weighted by atomic mass is 10.1. The Morgan fingerprint density at radius 3 is 2.60 bits per heavy atom. The van der Waals surface area contributed by atoms with Crippen molar-refractivity contribution in [2.75, 3.05) is 7.11 Å². The molecule has 0 unspecified atom stereocenters. The molecule has 1 aromatic carbocycles. The predicted molar refractivity (Wildman–Crippen MR) is 81.5 cm³/mol. The molecule has 0 bridgehead atoms. The van der Waals surface area contributed by atoms with Crippen LogP contribution in [0.3, 0.4) is 0 Å². The highest BCUT2D eigenvalue weighted by Gasteiger charge is 2.03. The molecule has 98 valence electrons. The molecule has 0 atom stereocenters. The number of aromatic nitrogens is 2. The van der Waals surface area contributed by atoms with E-state index < -0.39 is 0 Å². The van der Waals surface area contributed by atoms with Crippen molar-refractivity contribution in [1.82, 2.24) is 9.97 Å². The van der Waals surface area contributed by atoms with E-state index in [1.54, 1.807) is 19.5 Å². The number of nitrogens with zero attached hydrogens (tertiary/aromatic N) is 2. The second kappa shape index (κ2) is 5.53. The van der Waals surface area contributed by atoms with E-state index in [4.69, 9.17) is 4.74 Å². The predicted octanol–water partition coefficient (Wildman–Crippen LogP) is 3.81. The first-order chi connectivity index (χ1) is 9.86. The van der Waals surface area contributed by atoms with Crippen molar-refractivity contribution in [3.63, 3.8) is 0 Å². The molecule has 20 heavy (non-hydrogen) atoms. The van der Waals surface area contributed by atoms with Gasteiger partial charge in [-0.25, -0.2) is 4.98 Å². The molecule has 0 saturated heterocycles. The van der Waals surface area contributed by atoms with Crippen LogP contribution in [0.15, 0.2) is 54.9 Å². The van der Waals surface area contributed by atoms with Crippen LogP contribution in [0.1, 0.15) is 11.3 Å². The molecule has 0 aliphatic carbocycles. The number of hydrogen-bond donors (Lipinski definition) is 0. The Labute approximate surface area is 117 Å². The van der Waals surface area contributed by atoms with E-state index in [0.29, 0.717) is 0 Å². The third-order valence-electron chi connectivity index (χ3n) is 3.07. The molecule has 0 fully saturated rings. The van der Waals surface area contributed by atoms with Gasteiger partial charge in [0.2, 0.25) is 0 Å². The van der Waals surface area contributed by atoms with Crippen LogP contribution in [0.25, 0.3) is 23.1 Å². The van der Waals surface area contributed by atoms with Crippen molar-refractivity contribution in [2.45, 2.75) is 0 Å². The average Bonchev–Trinajstić information content (AvgIpc) is 2.53. The molecule has 3 aromatic rings. The van der Waals surface area contributed by atoms with Crippen LogP contribution in [-0.4, -0.2) is 17.1 Å². The van der Waals surface area contributed by atoms with Crippen molar-refractivity contribution in [2.24, 2.45) is 0 Å². The number of ether oxygens (including phenoxy) is 1. The number of methoxy groups -OCH3 is 1. The summed E-state index contributed by atoms with van der Waals surface area (Å²) in [5.41, 5.74) is 2.90. The van der Waals surface area contributed by atoms with Crippen LogP contribution in [0.5, 0.6) is 5.75 Å². The van der Waals surface area contributed by atoms with E-state index >= 15 is 0 Å². The zero-order chi connectivity index (χ0) is 13.8. The number of hydrogen-bond acceptors (Lipinski definition) is 3. The Kier molecular flexibility index (Phi) is 3.42. The van der Waals surface area contributed by atoms with Gasteiger partial charge in [0.25, 0.3) is 0 Å². The summed E-state index contributed by atoms with van der Waals surface area (Å²) >= 11 is 0. The van der Waals surface area contributed by atoms with E-state index in [-0.39, 0.29) is 0 Å². The number of fused-ring (bicyclic) bond motifs is 1. The summed E-state index contributed by atoms with van der Waals surface area (Å²) in [5, 5.41) is 1.02. The summed E-state index contributed by atoms with van der Waals surface area (Å²) in [6.45, 7) is 0. The molecular formula is C17H14N2O. The summed E-state index contributed by atoms with van der Waals surface area (Å²) in [5.74, 6) is 0.838. The van der Waals surface area contributed by atoms with Crippen LogP contribution in [-0.2, 0) is 0 Å². The zero-order valence-corrected chi connectivity index (χ0v) is 11.2. The van der Waals surface area contributed by atoms with Gasteiger partial charge in [-0.05, 0) is 35.9 Å². The van der Waals surface area contributed by atoms with Gasteiger partial charge in [0.05, 0.1) is 18.3 Å². The Morgan fingerprint density at radius 2 is 1.80 bits per heavy atom. The number of rotatable bonds is 3. The fourth-order valence-electron chi connectivity index (χ4n) is 2.07. The summed E-state index contributed by atoms with van der Waals surface area (Å²) in [6, 6.07) is 13.8. The van der Waals surface area contributed by atoms with Crippen LogP contribution in [0.2, 0.25) is 0 Å². The highest BCUT2D eigenvalue weighted by Crippen LogP contribution is 2.25.